The molecule has 1 saturated carbocycles. The molecule has 0 aliphatic heterocycles. The van der Waals surface area contributed by atoms with E-state index in [0.717, 1.165) is 53.6 Å². The van der Waals surface area contributed by atoms with Crippen molar-refractivity contribution in [2.24, 2.45) is 5.41 Å². The van der Waals surface area contributed by atoms with Crippen molar-refractivity contribution in [3.63, 3.8) is 0 Å². The Hall–Kier alpha value is -3.08. The van der Waals surface area contributed by atoms with Crippen LogP contribution in [0.1, 0.15) is 78.6 Å². The molecule has 1 unspecified atom stereocenters. The second-order valence-electron chi connectivity index (χ2n) is 11.3. The second kappa shape index (κ2) is 12.6. The van der Waals surface area contributed by atoms with Gasteiger partial charge in [-0.25, -0.2) is 4.98 Å². The topological polar surface area (TPSA) is 50.2 Å². The lowest BCUT2D eigenvalue weighted by Gasteiger charge is -2.22. The summed E-state index contributed by atoms with van der Waals surface area (Å²) in [6.07, 6.45) is 8.48. The number of aliphatic carboxylic acids is 1. The molecular weight excluding hydrogens is 534 g/mol. The summed E-state index contributed by atoms with van der Waals surface area (Å²) in [6.45, 7) is 4.51. The van der Waals surface area contributed by atoms with E-state index in [-0.39, 0.29) is 11.8 Å². The van der Waals surface area contributed by atoms with Crippen LogP contribution >= 0.6 is 23.4 Å². The molecule has 1 aliphatic carbocycles. The van der Waals surface area contributed by atoms with Gasteiger partial charge in [0.25, 0.3) is 0 Å². The molecule has 0 saturated heterocycles. The lowest BCUT2D eigenvalue weighted by atomic mass is 9.93. The van der Waals surface area contributed by atoms with Crippen molar-refractivity contribution in [1.82, 2.24) is 4.98 Å². The average molecular weight is 570 g/mol. The number of nitrogens with zero attached hydrogens (tertiary/aromatic N) is 1. The van der Waals surface area contributed by atoms with Crippen molar-refractivity contribution in [2.45, 2.75) is 57.1 Å². The highest BCUT2D eigenvalue weighted by atomic mass is 35.5. The fourth-order valence-electron chi connectivity index (χ4n) is 5.35. The minimum absolute atomic E-state index is 0.0350. The molecule has 1 aromatic heterocycles. The summed E-state index contributed by atoms with van der Waals surface area (Å²) >= 11 is 8.11. The van der Waals surface area contributed by atoms with E-state index in [1.807, 2.05) is 42.1 Å². The van der Waals surface area contributed by atoms with Gasteiger partial charge in [0.2, 0.25) is 0 Å². The Bertz CT molecular complexity index is 1530. The number of carboxylic acids is 1. The van der Waals surface area contributed by atoms with Crippen molar-refractivity contribution < 1.29 is 9.90 Å². The molecule has 40 heavy (non-hydrogen) atoms. The Balaban J connectivity index is 1.36. The third-order valence-corrected chi connectivity index (χ3v) is 9.76. The molecule has 1 fully saturated rings. The van der Waals surface area contributed by atoms with Crippen molar-refractivity contribution >= 4 is 52.4 Å². The van der Waals surface area contributed by atoms with E-state index in [4.69, 9.17) is 16.6 Å². The van der Waals surface area contributed by atoms with Crippen molar-refractivity contribution in [1.29, 1.82) is 0 Å². The summed E-state index contributed by atoms with van der Waals surface area (Å²) in [7, 11) is 0. The van der Waals surface area contributed by atoms with Gasteiger partial charge in [-0.1, -0.05) is 92.2 Å². The number of aryl methyl sites for hydroxylation is 1. The van der Waals surface area contributed by atoms with Gasteiger partial charge in [-0.2, -0.15) is 11.8 Å². The minimum Gasteiger partial charge on any atom is -0.481 e. The van der Waals surface area contributed by atoms with Crippen LogP contribution in [0.15, 0.2) is 78.9 Å². The van der Waals surface area contributed by atoms with Crippen molar-refractivity contribution in [3.8, 4) is 0 Å². The molecule has 1 aliphatic rings. The Morgan fingerprint density at radius 1 is 1.02 bits per heavy atom. The summed E-state index contributed by atoms with van der Waals surface area (Å²) in [5.41, 5.74) is 6.98. The molecule has 0 bridgehead atoms. The van der Waals surface area contributed by atoms with E-state index >= 15 is 0 Å². The van der Waals surface area contributed by atoms with E-state index in [1.54, 1.807) is 0 Å². The fraction of sp³-hybridized carbons (Fsp3) is 0.314. The number of fused-ring (bicyclic) bond motifs is 1. The summed E-state index contributed by atoms with van der Waals surface area (Å²) in [6, 6.07) is 27.4. The highest BCUT2D eigenvalue weighted by Crippen LogP contribution is 2.53. The largest absolute Gasteiger partial charge is 0.481 e. The Labute approximate surface area is 246 Å². The number of rotatable bonds is 12. The second-order valence-corrected chi connectivity index (χ2v) is 13.0. The molecule has 4 aromatic rings. The zero-order chi connectivity index (χ0) is 28.1. The quantitative estimate of drug-likeness (QED) is 0.184. The number of hydrogen-bond acceptors (Lipinski definition) is 3. The Morgan fingerprint density at radius 2 is 1.82 bits per heavy atom. The third kappa shape index (κ3) is 7.35. The van der Waals surface area contributed by atoms with Gasteiger partial charge in [-0.3, -0.25) is 4.79 Å². The molecule has 3 nitrogen and oxygen atoms in total. The van der Waals surface area contributed by atoms with Gasteiger partial charge in [0.05, 0.1) is 17.6 Å². The van der Waals surface area contributed by atoms with Crippen LogP contribution in [0.3, 0.4) is 0 Å². The van der Waals surface area contributed by atoms with Gasteiger partial charge in [-0.15, -0.1) is 0 Å². The van der Waals surface area contributed by atoms with Crippen LogP contribution in [-0.4, -0.2) is 21.8 Å². The highest BCUT2D eigenvalue weighted by molar-refractivity contribution is 7.99. The van der Waals surface area contributed by atoms with Crippen molar-refractivity contribution in [3.05, 3.63) is 112 Å². The lowest BCUT2D eigenvalue weighted by Crippen LogP contribution is -2.12. The van der Waals surface area contributed by atoms with Gasteiger partial charge in [0.15, 0.2) is 0 Å². The number of halogens is 1. The van der Waals surface area contributed by atoms with Gasteiger partial charge >= 0.3 is 5.97 Å². The first-order chi connectivity index (χ1) is 19.3. The van der Waals surface area contributed by atoms with Crippen LogP contribution in [0.4, 0.5) is 0 Å². The monoisotopic (exact) mass is 569 g/mol. The van der Waals surface area contributed by atoms with Crippen LogP contribution in [0.25, 0.3) is 23.1 Å². The van der Waals surface area contributed by atoms with Crippen LogP contribution in [0, 0.1) is 5.41 Å². The fourth-order valence-corrected chi connectivity index (χ4v) is 7.08. The number of thioether (sulfide) groups is 1. The molecule has 1 N–H and O–H groups in total. The maximum Gasteiger partial charge on any atom is 0.303 e. The average Bonchev–Trinajstić information content (AvgIpc) is 3.70. The molecule has 1 heterocycles. The molecule has 3 aromatic carbocycles. The number of carboxylic acid groups (broad SMARTS) is 1. The van der Waals surface area contributed by atoms with Gasteiger partial charge in [0, 0.05) is 21.4 Å². The zero-order valence-electron chi connectivity index (χ0n) is 23.1. The van der Waals surface area contributed by atoms with Crippen LogP contribution in [0.2, 0.25) is 5.02 Å². The van der Waals surface area contributed by atoms with Gasteiger partial charge in [-0.05, 0) is 83.5 Å². The van der Waals surface area contributed by atoms with E-state index in [0.29, 0.717) is 16.2 Å². The van der Waals surface area contributed by atoms with Crippen molar-refractivity contribution in [2.75, 3.05) is 5.75 Å². The van der Waals surface area contributed by atoms with Gasteiger partial charge in [0.1, 0.15) is 0 Å². The maximum absolute atomic E-state index is 11.5. The smallest absolute Gasteiger partial charge is 0.303 e. The molecule has 5 rings (SSSR count). The van der Waals surface area contributed by atoms with Crippen LogP contribution in [-0.2, 0) is 11.2 Å². The molecule has 1 atom stereocenters. The summed E-state index contributed by atoms with van der Waals surface area (Å²) in [5.74, 6) is 0.692. The first-order valence-electron chi connectivity index (χ1n) is 14.1. The number of carbonyl (C=O) groups is 1. The highest BCUT2D eigenvalue weighted by Gasteiger charge is 2.44. The third-order valence-electron chi connectivity index (χ3n) is 7.83. The van der Waals surface area contributed by atoms with Crippen LogP contribution < -0.4 is 0 Å². The molecule has 0 amide bonds. The predicted octanol–water partition coefficient (Wildman–Crippen LogP) is 9.84. The number of pyridine rings is 1. The summed E-state index contributed by atoms with van der Waals surface area (Å²) in [5, 5.41) is 11.5. The number of aromatic nitrogens is 1. The van der Waals surface area contributed by atoms with Gasteiger partial charge < -0.3 is 5.11 Å². The van der Waals surface area contributed by atoms with E-state index in [9.17, 15) is 9.90 Å². The molecular formula is C35H36ClNO2S. The first-order valence-corrected chi connectivity index (χ1v) is 15.5. The lowest BCUT2D eigenvalue weighted by molar-refractivity contribution is -0.138. The van der Waals surface area contributed by atoms with E-state index < -0.39 is 5.97 Å². The zero-order valence-corrected chi connectivity index (χ0v) is 24.7. The SMILES string of the molecule is CC(C)c1ccccc1CCC(SCC1(CC(=O)O)CC1)c1cccc(C=Cc2ccc3ccc(Cl)cc3n2)c1. The predicted molar refractivity (Wildman–Crippen MR) is 170 cm³/mol. The number of hydrogen-bond donors (Lipinski definition) is 1. The van der Waals surface area contributed by atoms with E-state index in [2.05, 4.69) is 74.5 Å². The number of benzene rings is 3. The molecule has 5 heteroatoms. The molecule has 0 radical (unpaired) electrons. The maximum atomic E-state index is 11.5. The first kappa shape index (κ1) is 28.4. The summed E-state index contributed by atoms with van der Waals surface area (Å²) < 4.78 is 0. The molecule has 0 spiro atoms. The standard InChI is InChI=1S/C35H36ClNO2S/c1-24(2)31-9-4-3-7-26(31)13-17-33(40-23-35(18-19-35)22-34(38)39)28-8-5-6-25(20-28)10-15-30-16-12-27-11-14-29(36)21-32(27)37-30/h3-12,14-16,20-21,24,33H,13,17-19,22-23H2,1-2H3,(H,38,39). The summed E-state index contributed by atoms with van der Waals surface area (Å²) in [4.78, 5) is 16.2. The Kier molecular flexibility index (Phi) is 8.97. The van der Waals surface area contributed by atoms with E-state index in [1.165, 1.54) is 16.7 Å². The Morgan fingerprint density at radius 3 is 2.60 bits per heavy atom. The van der Waals surface area contributed by atoms with Crippen LogP contribution in [0.5, 0.6) is 0 Å². The molecule has 206 valence electrons. The minimum atomic E-state index is -0.683. The normalized spacial score (nSPS) is 15.1.